The molecular formula is C43H67N5O6. The van der Waals surface area contributed by atoms with Crippen LogP contribution in [-0.2, 0) is 16.2 Å². The van der Waals surface area contributed by atoms with Gasteiger partial charge in [0.15, 0.2) is 0 Å². The Labute approximate surface area is 323 Å². The fourth-order valence-corrected chi connectivity index (χ4v) is 9.71. The Balaban J connectivity index is 1.45. The number of aliphatic hydroxyl groups excluding tert-OH is 2. The lowest BCUT2D eigenvalue weighted by molar-refractivity contribution is -0.183. The lowest BCUT2D eigenvalue weighted by Crippen LogP contribution is -2.62. The second-order valence-corrected chi connectivity index (χ2v) is 18.6. The van der Waals surface area contributed by atoms with E-state index < -0.39 is 24.2 Å². The van der Waals surface area contributed by atoms with Gasteiger partial charge in [0.25, 0.3) is 5.91 Å². The number of para-hydroxylation sites is 1. The number of likely N-dealkylation sites (N-methyl/N-ethyl adjacent to an activating group) is 1. The van der Waals surface area contributed by atoms with E-state index in [9.17, 15) is 19.8 Å². The van der Waals surface area contributed by atoms with Gasteiger partial charge in [-0.1, -0.05) is 65.8 Å². The van der Waals surface area contributed by atoms with E-state index in [0.717, 1.165) is 41.8 Å². The van der Waals surface area contributed by atoms with Crippen molar-refractivity contribution in [2.45, 2.75) is 105 Å². The average molecular weight is 750 g/mol. The molecule has 0 unspecified atom stereocenters. The first-order valence-corrected chi connectivity index (χ1v) is 19.7. The molecule has 11 heteroatoms. The number of methoxy groups -OCH3 is 1. The monoisotopic (exact) mass is 750 g/mol. The van der Waals surface area contributed by atoms with Gasteiger partial charge in [-0.2, -0.15) is 5.06 Å². The van der Waals surface area contributed by atoms with Crippen LogP contribution in [0.15, 0.2) is 36.4 Å². The van der Waals surface area contributed by atoms with Crippen molar-refractivity contribution < 1.29 is 29.4 Å². The second kappa shape index (κ2) is 16.5. The third-order valence-electron chi connectivity index (χ3n) is 12.5. The Kier molecular flexibility index (Phi) is 12.8. The summed E-state index contributed by atoms with van der Waals surface area (Å²) in [7, 11) is 9.51. The average Bonchev–Trinajstić information content (AvgIpc) is 3.46. The number of ether oxygens (including phenoxy) is 1. The zero-order valence-corrected chi connectivity index (χ0v) is 34.8. The minimum atomic E-state index is -0.896. The molecule has 2 aromatic carbocycles. The first kappa shape index (κ1) is 41.9. The van der Waals surface area contributed by atoms with Crippen LogP contribution in [0.1, 0.15) is 83.7 Å². The second-order valence-electron chi connectivity index (χ2n) is 18.6. The summed E-state index contributed by atoms with van der Waals surface area (Å²) in [6.07, 6.45) is 1.32. The molecule has 0 aromatic heterocycles. The molecule has 11 nitrogen and oxygen atoms in total. The summed E-state index contributed by atoms with van der Waals surface area (Å²) in [6.45, 7) is 15.7. The topological polar surface area (TPSA) is 127 Å². The number of nitrogens with one attached hydrogen (secondary N) is 2. The highest BCUT2D eigenvalue weighted by Gasteiger charge is 2.57. The molecule has 300 valence electrons. The van der Waals surface area contributed by atoms with Crippen LogP contribution >= 0.6 is 0 Å². The first-order valence-electron chi connectivity index (χ1n) is 19.7. The lowest BCUT2D eigenvalue weighted by Gasteiger charge is -2.62. The van der Waals surface area contributed by atoms with Crippen LogP contribution < -0.4 is 20.3 Å². The summed E-state index contributed by atoms with van der Waals surface area (Å²) < 4.78 is 6.08. The molecule has 6 rings (SSSR count). The maximum Gasteiger partial charge on any atom is 0.253 e. The van der Waals surface area contributed by atoms with Crippen LogP contribution in [0.5, 0.6) is 5.75 Å². The molecule has 1 saturated heterocycles. The van der Waals surface area contributed by atoms with Crippen molar-refractivity contribution in [2.75, 3.05) is 53.4 Å². The molecule has 4 N–H and O–H groups in total. The van der Waals surface area contributed by atoms with Gasteiger partial charge in [-0.15, -0.1) is 0 Å². The van der Waals surface area contributed by atoms with Crippen molar-refractivity contribution in [1.29, 1.82) is 0 Å². The van der Waals surface area contributed by atoms with E-state index in [0.29, 0.717) is 29.1 Å². The molecule has 4 aliphatic rings. The molecule has 1 heterocycles. The van der Waals surface area contributed by atoms with E-state index >= 15 is 0 Å². The SMILES string of the molecule is COc1c(CN2O[C@@H](CO)[C@@H]([C@H](C)O)[C@H]2C(=O)N[C@H]2C[C@@H]3C[C@@H]([C@@H]2C)C3(C)C)cccc1-c1ccc(N(C)C)c(C(=O)N[C@H](CN(C)C)CC(C)(C)C)c1. The van der Waals surface area contributed by atoms with Gasteiger partial charge in [0.1, 0.15) is 17.9 Å². The van der Waals surface area contributed by atoms with Crippen molar-refractivity contribution in [1.82, 2.24) is 20.6 Å². The fourth-order valence-electron chi connectivity index (χ4n) is 9.71. The van der Waals surface area contributed by atoms with E-state index in [-0.39, 0.29) is 47.9 Å². The van der Waals surface area contributed by atoms with Crippen LogP contribution in [0, 0.1) is 34.5 Å². The number of hydrogen-bond donors (Lipinski definition) is 4. The zero-order chi connectivity index (χ0) is 39.9. The predicted octanol–water partition coefficient (Wildman–Crippen LogP) is 5.19. The largest absolute Gasteiger partial charge is 0.496 e. The van der Waals surface area contributed by atoms with E-state index in [4.69, 9.17) is 9.57 Å². The standard InChI is InChI=1S/C43H67N5O6/c1-25-33-19-29(43(33,6)7)20-34(25)45-41(52)38-37(26(2)50)36(24-49)54-48(38)22-28-14-13-15-31(39(28)53-12)27-16-17-35(47(10)11)32(18-27)40(51)44-30(23-46(8)9)21-42(3,4)5/h13-18,25-26,29-30,33-34,36-38,49-50H,19-24H2,1-12H3,(H,44,51)(H,45,52)/t25-,26-,29-,30-,33-,34-,36-,37+,38-/m0/s1. The molecule has 4 fully saturated rings. The number of benzene rings is 2. The van der Waals surface area contributed by atoms with Crippen LogP contribution in [0.25, 0.3) is 11.1 Å². The molecule has 2 aromatic rings. The minimum absolute atomic E-state index is 0.0327. The van der Waals surface area contributed by atoms with Crippen molar-refractivity contribution in [3.63, 3.8) is 0 Å². The van der Waals surface area contributed by atoms with Gasteiger partial charge in [-0.05, 0) is 86.6 Å². The molecule has 1 aliphatic heterocycles. The number of aliphatic hydroxyl groups is 2. The van der Waals surface area contributed by atoms with Gasteiger partial charge in [0.2, 0.25) is 5.91 Å². The maximum absolute atomic E-state index is 14.3. The van der Waals surface area contributed by atoms with Gasteiger partial charge in [0.05, 0.1) is 31.9 Å². The lowest BCUT2D eigenvalue weighted by atomic mass is 9.45. The number of carbonyl (C=O) groups is 2. The molecule has 2 bridgehead atoms. The molecule has 0 radical (unpaired) electrons. The molecular weight excluding hydrogens is 683 g/mol. The van der Waals surface area contributed by atoms with Crippen molar-refractivity contribution in [3.8, 4) is 16.9 Å². The fraction of sp³-hybridized carbons (Fsp3) is 0.674. The van der Waals surface area contributed by atoms with E-state index in [2.05, 4.69) is 57.1 Å². The molecule has 0 spiro atoms. The predicted molar refractivity (Wildman–Crippen MR) is 214 cm³/mol. The summed E-state index contributed by atoms with van der Waals surface area (Å²) >= 11 is 0. The Morgan fingerprint density at radius 3 is 2.37 bits per heavy atom. The third kappa shape index (κ3) is 8.76. The molecule has 3 saturated carbocycles. The van der Waals surface area contributed by atoms with Crippen LogP contribution in [-0.4, -0.2) is 111 Å². The van der Waals surface area contributed by atoms with Gasteiger partial charge in [-0.25, -0.2) is 0 Å². The van der Waals surface area contributed by atoms with Crippen molar-refractivity contribution in [2.24, 2.45) is 34.5 Å². The Hall–Kier alpha value is -3.22. The van der Waals surface area contributed by atoms with E-state index in [1.807, 2.05) is 69.5 Å². The number of carbonyl (C=O) groups excluding carboxylic acids is 2. The summed E-state index contributed by atoms with van der Waals surface area (Å²) in [5.74, 6) is 1.09. The Bertz CT molecular complexity index is 1640. The summed E-state index contributed by atoms with van der Waals surface area (Å²) in [5.41, 5.74) is 4.05. The quantitative estimate of drug-likeness (QED) is 0.207. The minimum Gasteiger partial charge on any atom is -0.496 e. The molecule has 3 aliphatic carbocycles. The summed E-state index contributed by atoms with van der Waals surface area (Å²) in [4.78, 5) is 38.6. The number of nitrogens with zero attached hydrogens (tertiary/aromatic N) is 3. The van der Waals surface area contributed by atoms with Gasteiger partial charge in [0, 0.05) is 55.5 Å². The molecule has 54 heavy (non-hydrogen) atoms. The van der Waals surface area contributed by atoms with Gasteiger partial charge >= 0.3 is 0 Å². The highest BCUT2D eigenvalue weighted by atomic mass is 16.7. The van der Waals surface area contributed by atoms with Gasteiger partial charge < -0.3 is 35.4 Å². The summed E-state index contributed by atoms with van der Waals surface area (Å²) in [5, 5.41) is 29.6. The first-order chi connectivity index (χ1) is 25.3. The number of hydroxylamine groups is 2. The van der Waals surface area contributed by atoms with Crippen LogP contribution in [0.2, 0.25) is 0 Å². The van der Waals surface area contributed by atoms with Crippen molar-refractivity contribution in [3.05, 3.63) is 47.5 Å². The highest BCUT2D eigenvalue weighted by molar-refractivity contribution is 6.01. The smallest absolute Gasteiger partial charge is 0.253 e. The van der Waals surface area contributed by atoms with Crippen LogP contribution in [0.3, 0.4) is 0 Å². The van der Waals surface area contributed by atoms with Crippen LogP contribution in [0.4, 0.5) is 5.69 Å². The summed E-state index contributed by atoms with van der Waals surface area (Å²) in [6, 6.07) is 10.9. The Morgan fingerprint density at radius 2 is 1.81 bits per heavy atom. The number of fused-ring (bicyclic) bond motifs is 2. The number of anilines is 1. The number of amides is 2. The highest BCUT2D eigenvalue weighted by Crippen LogP contribution is 2.61. The molecule has 9 atom stereocenters. The maximum atomic E-state index is 14.3. The zero-order valence-electron chi connectivity index (χ0n) is 34.8. The Morgan fingerprint density at radius 1 is 1.11 bits per heavy atom. The van der Waals surface area contributed by atoms with Gasteiger partial charge in [-0.3, -0.25) is 14.4 Å². The normalized spacial score (nSPS) is 27.6. The molecule has 2 amide bonds. The van der Waals surface area contributed by atoms with E-state index in [1.54, 1.807) is 19.1 Å². The van der Waals surface area contributed by atoms with Crippen molar-refractivity contribution >= 4 is 17.5 Å². The van der Waals surface area contributed by atoms with E-state index in [1.165, 1.54) is 6.42 Å². The number of hydrogen-bond acceptors (Lipinski definition) is 9. The third-order valence-corrected chi connectivity index (χ3v) is 12.5. The number of rotatable bonds is 14.